The van der Waals surface area contributed by atoms with Crippen molar-refractivity contribution in [2.24, 2.45) is 5.92 Å². The zero-order chi connectivity index (χ0) is 20.9. The van der Waals surface area contributed by atoms with Crippen LogP contribution in [0.2, 0.25) is 0 Å². The Labute approximate surface area is 168 Å². The van der Waals surface area contributed by atoms with Crippen molar-refractivity contribution in [1.82, 2.24) is 10.6 Å². The number of nitrogens with one attached hydrogen (secondary N) is 2. The molecule has 1 aromatic rings. The lowest BCUT2D eigenvalue weighted by Crippen LogP contribution is -2.55. The first-order valence-electron chi connectivity index (χ1n) is 10.1. The van der Waals surface area contributed by atoms with Gasteiger partial charge in [-0.2, -0.15) is 0 Å². The molecule has 0 bridgehead atoms. The first kappa shape index (κ1) is 22.1. The molecule has 0 radical (unpaired) electrons. The van der Waals surface area contributed by atoms with E-state index in [0.717, 1.165) is 30.6 Å². The van der Waals surface area contributed by atoms with Crippen molar-refractivity contribution in [1.29, 1.82) is 0 Å². The Balaban J connectivity index is 1.93. The number of alkyl carbamates (subject to hydrolysis) is 1. The highest BCUT2D eigenvalue weighted by molar-refractivity contribution is 5.83. The standard InChI is InChI=1S/C22H34N2O4/c1-7-22(8-2,14-23-20(26)28-21(3,4)5)24-19(25)18-13-17(18)15-9-11-16(27-6)12-10-15/h9-12,17-18H,7-8,13-14H2,1-6H3,(H,23,26)(H,24,25). The fraction of sp³-hybridized carbons (Fsp3) is 0.636. The fourth-order valence-corrected chi connectivity index (χ4v) is 3.33. The summed E-state index contributed by atoms with van der Waals surface area (Å²) in [5.74, 6) is 1.09. The number of rotatable bonds is 8. The van der Waals surface area contributed by atoms with E-state index in [0.29, 0.717) is 6.54 Å². The topological polar surface area (TPSA) is 76.7 Å². The molecule has 1 aliphatic rings. The van der Waals surface area contributed by atoms with Crippen LogP contribution < -0.4 is 15.4 Å². The maximum atomic E-state index is 12.8. The SMILES string of the molecule is CCC(CC)(CNC(=O)OC(C)(C)C)NC(=O)C1CC1c1ccc(OC)cc1. The number of hydrogen-bond donors (Lipinski definition) is 2. The van der Waals surface area contributed by atoms with Gasteiger partial charge in [0.25, 0.3) is 0 Å². The minimum absolute atomic E-state index is 0.0209. The maximum absolute atomic E-state index is 12.8. The van der Waals surface area contributed by atoms with Crippen LogP contribution in [0.1, 0.15) is 65.4 Å². The van der Waals surface area contributed by atoms with Crippen molar-refractivity contribution in [3.63, 3.8) is 0 Å². The molecule has 0 heterocycles. The summed E-state index contributed by atoms with van der Waals surface area (Å²) in [6, 6.07) is 7.90. The van der Waals surface area contributed by atoms with Crippen LogP contribution in [0.4, 0.5) is 4.79 Å². The van der Waals surface area contributed by atoms with Crippen LogP contribution in [0.15, 0.2) is 24.3 Å². The maximum Gasteiger partial charge on any atom is 0.407 e. The minimum atomic E-state index is -0.548. The molecule has 0 aromatic heterocycles. The van der Waals surface area contributed by atoms with E-state index >= 15 is 0 Å². The Morgan fingerprint density at radius 1 is 1.11 bits per heavy atom. The molecule has 6 nitrogen and oxygen atoms in total. The molecule has 2 N–H and O–H groups in total. The van der Waals surface area contributed by atoms with Crippen molar-refractivity contribution in [3.05, 3.63) is 29.8 Å². The molecule has 28 heavy (non-hydrogen) atoms. The largest absolute Gasteiger partial charge is 0.497 e. The molecule has 6 heteroatoms. The predicted molar refractivity (Wildman–Crippen MR) is 110 cm³/mol. The first-order valence-corrected chi connectivity index (χ1v) is 10.1. The lowest BCUT2D eigenvalue weighted by atomic mass is 9.92. The molecule has 1 aliphatic carbocycles. The summed E-state index contributed by atoms with van der Waals surface area (Å²) in [5.41, 5.74) is 0.140. The van der Waals surface area contributed by atoms with Gasteiger partial charge in [-0.05, 0) is 63.6 Å². The van der Waals surface area contributed by atoms with Crippen molar-refractivity contribution in [2.45, 2.75) is 70.9 Å². The van der Waals surface area contributed by atoms with Gasteiger partial charge in [0.05, 0.1) is 12.6 Å². The fourth-order valence-electron chi connectivity index (χ4n) is 3.33. The molecular weight excluding hydrogens is 356 g/mol. The number of carbonyl (C=O) groups is 2. The van der Waals surface area contributed by atoms with E-state index in [1.807, 2.05) is 58.9 Å². The molecule has 2 rings (SSSR count). The summed E-state index contributed by atoms with van der Waals surface area (Å²) in [6.45, 7) is 9.87. The lowest BCUT2D eigenvalue weighted by Gasteiger charge is -2.33. The van der Waals surface area contributed by atoms with Crippen LogP contribution in [0.3, 0.4) is 0 Å². The second-order valence-corrected chi connectivity index (χ2v) is 8.55. The van der Waals surface area contributed by atoms with E-state index in [2.05, 4.69) is 10.6 Å². The predicted octanol–water partition coefficient (Wildman–Crippen LogP) is 4.00. The highest BCUT2D eigenvalue weighted by Crippen LogP contribution is 2.48. The zero-order valence-electron chi connectivity index (χ0n) is 17.9. The molecular formula is C22H34N2O4. The molecule has 0 aliphatic heterocycles. The lowest BCUT2D eigenvalue weighted by molar-refractivity contribution is -0.124. The van der Waals surface area contributed by atoms with Crippen LogP contribution in [-0.2, 0) is 9.53 Å². The van der Waals surface area contributed by atoms with Crippen molar-refractivity contribution in [3.8, 4) is 5.75 Å². The van der Waals surface area contributed by atoms with Gasteiger partial charge in [0.2, 0.25) is 5.91 Å². The summed E-state index contributed by atoms with van der Waals surface area (Å²) >= 11 is 0. The van der Waals surface area contributed by atoms with Crippen LogP contribution in [-0.4, -0.2) is 36.8 Å². The normalized spacial score (nSPS) is 18.9. The monoisotopic (exact) mass is 390 g/mol. The number of amides is 2. The Bertz CT molecular complexity index is 675. The van der Waals surface area contributed by atoms with Gasteiger partial charge in [0, 0.05) is 12.5 Å². The third-order valence-electron chi connectivity index (χ3n) is 5.38. The number of carbonyl (C=O) groups excluding carboxylic acids is 2. The molecule has 2 amide bonds. The summed E-state index contributed by atoms with van der Waals surface area (Å²) in [6.07, 6.45) is 1.84. The summed E-state index contributed by atoms with van der Waals surface area (Å²) in [4.78, 5) is 24.8. The van der Waals surface area contributed by atoms with Gasteiger partial charge in [0.1, 0.15) is 11.4 Å². The third kappa shape index (κ3) is 5.88. The van der Waals surface area contributed by atoms with Gasteiger partial charge in [-0.25, -0.2) is 4.79 Å². The average Bonchev–Trinajstić information content (AvgIpc) is 3.45. The number of ether oxygens (including phenoxy) is 2. The number of hydrogen-bond acceptors (Lipinski definition) is 4. The first-order chi connectivity index (χ1) is 13.1. The second-order valence-electron chi connectivity index (χ2n) is 8.55. The summed E-state index contributed by atoms with van der Waals surface area (Å²) in [7, 11) is 1.64. The second kappa shape index (κ2) is 8.84. The average molecular weight is 391 g/mol. The molecule has 1 saturated carbocycles. The summed E-state index contributed by atoms with van der Waals surface area (Å²) < 4.78 is 10.5. The van der Waals surface area contributed by atoms with Gasteiger partial charge in [-0.1, -0.05) is 26.0 Å². The Morgan fingerprint density at radius 2 is 1.71 bits per heavy atom. The van der Waals surface area contributed by atoms with Gasteiger partial charge in [-0.3, -0.25) is 4.79 Å². The van der Waals surface area contributed by atoms with E-state index in [9.17, 15) is 9.59 Å². The van der Waals surface area contributed by atoms with E-state index < -0.39 is 17.2 Å². The summed E-state index contributed by atoms with van der Waals surface area (Å²) in [5, 5.41) is 6.01. The number of benzene rings is 1. The molecule has 0 spiro atoms. The smallest absolute Gasteiger partial charge is 0.407 e. The Morgan fingerprint density at radius 3 is 2.21 bits per heavy atom. The van der Waals surface area contributed by atoms with Crippen LogP contribution in [0, 0.1) is 5.92 Å². The van der Waals surface area contributed by atoms with Crippen molar-refractivity contribution >= 4 is 12.0 Å². The molecule has 1 aromatic carbocycles. The highest BCUT2D eigenvalue weighted by Gasteiger charge is 2.45. The molecule has 1 fully saturated rings. The minimum Gasteiger partial charge on any atom is -0.497 e. The van der Waals surface area contributed by atoms with E-state index in [1.165, 1.54) is 0 Å². The van der Waals surface area contributed by atoms with Crippen LogP contribution in [0.5, 0.6) is 5.75 Å². The Hall–Kier alpha value is -2.24. The number of methoxy groups -OCH3 is 1. The molecule has 156 valence electrons. The Kier molecular flexibility index (Phi) is 6.96. The van der Waals surface area contributed by atoms with Gasteiger partial charge >= 0.3 is 6.09 Å². The van der Waals surface area contributed by atoms with Crippen LogP contribution >= 0.6 is 0 Å². The van der Waals surface area contributed by atoms with Gasteiger partial charge < -0.3 is 20.1 Å². The third-order valence-corrected chi connectivity index (χ3v) is 5.38. The van der Waals surface area contributed by atoms with Crippen molar-refractivity contribution < 1.29 is 19.1 Å². The van der Waals surface area contributed by atoms with Gasteiger partial charge in [0.15, 0.2) is 0 Å². The van der Waals surface area contributed by atoms with Crippen LogP contribution in [0.25, 0.3) is 0 Å². The van der Waals surface area contributed by atoms with Gasteiger partial charge in [-0.15, -0.1) is 0 Å². The van der Waals surface area contributed by atoms with E-state index in [1.54, 1.807) is 7.11 Å². The van der Waals surface area contributed by atoms with E-state index in [4.69, 9.17) is 9.47 Å². The van der Waals surface area contributed by atoms with E-state index in [-0.39, 0.29) is 17.7 Å². The highest BCUT2D eigenvalue weighted by atomic mass is 16.6. The van der Waals surface area contributed by atoms with Crippen molar-refractivity contribution in [2.75, 3.05) is 13.7 Å². The molecule has 2 atom stereocenters. The molecule has 0 saturated heterocycles. The molecule has 2 unspecified atom stereocenters. The zero-order valence-corrected chi connectivity index (χ0v) is 17.9. The quantitative estimate of drug-likeness (QED) is 0.703.